The van der Waals surface area contributed by atoms with Crippen molar-refractivity contribution in [2.75, 3.05) is 19.6 Å². The molecule has 0 aromatic carbocycles. The fourth-order valence-electron chi connectivity index (χ4n) is 2.87. The first kappa shape index (κ1) is 20.2. The zero-order valence-electron chi connectivity index (χ0n) is 13.5. The summed E-state index contributed by atoms with van der Waals surface area (Å²) in [5.74, 6) is 0.209. The Kier molecular flexibility index (Phi) is 8.90. The molecule has 3 N–H and O–H groups in total. The zero-order chi connectivity index (χ0) is 15.2. The molecule has 1 rings (SSSR count). The van der Waals surface area contributed by atoms with Crippen LogP contribution in [0.4, 0.5) is 0 Å². The van der Waals surface area contributed by atoms with Gasteiger partial charge in [-0.05, 0) is 25.7 Å². The highest BCUT2D eigenvalue weighted by molar-refractivity contribution is 5.85. The van der Waals surface area contributed by atoms with Crippen LogP contribution in [0.1, 0.15) is 52.9 Å². The van der Waals surface area contributed by atoms with Gasteiger partial charge in [-0.25, -0.2) is 0 Å². The summed E-state index contributed by atoms with van der Waals surface area (Å²) in [6.45, 7) is 7.67. The Balaban J connectivity index is 0.00000400. The molecule has 0 bridgehead atoms. The fraction of sp³-hybridized carbons (Fsp3) is 0.867. The zero-order valence-corrected chi connectivity index (χ0v) is 14.3. The molecule has 0 radical (unpaired) electrons. The Labute approximate surface area is 134 Å². The summed E-state index contributed by atoms with van der Waals surface area (Å²) in [6.07, 6.45) is 3.90. The first-order chi connectivity index (χ1) is 9.52. The van der Waals surface area contributed by atoms with Crippen molar-refractivity contribution in [2.45, 2.75) is 58.9 Å². The minimum Gasteiger partial charge on any atom is -0.352 e. The van der Waals surface area contributed by atoms with E-state index in [4.69, 9.17) is 5.73 Å². The van der Waals surface area contributed by atoms with E-state index in [2.05, 4.69) is 5.32 Å². The van der Waals surface area contributed by atoms with Crippen molar-refractivity contribution < 1.29 is 9.59 Å². The maximum Gasteiger partial charge on any atom is 0.230 e. The van der Waals surface area contributed by atoms with E-state index in [1.807, 2.05) is 25.7 Å². The summed E-state index contributed by atoms with van der Waals surface area (Å²) < 4.78 is 0. The fourth-order valence-corrected chi connectivity index (χ4v) is 2.87. The van der Waals surface area contributed by atoms with Gasteiger partial charge in [-0.15, -0.1) is 12.4 Å². The van der Waals surface area contributed by atoms with E-state index >= 15 is 0 Å². The highest BCUT2D eigenvalue weighted by atomic mass is 35.5. The van der Waals surface area contributed by atoms with E-state index in [0.29, 0.717) is 19.5 Å². The maximum atomic E-state index is 12.7. The standard InChI is InChI=1S/C15H29N3O2.ClH/c1-4-13(19)17-12-8-7-9-18(10-12)14(20)15(5-2,6-3)11-16;/h12H,4-11,16H2,1-3H3,(H,17,19);1H. The van der Waals surface area contributed by atoms with E-state index in [9.17, 15) is 9.59 Å². The maximum absolute atomic E-state index is 12.7. The van der Waals surface area contributed by atoms with Crippen LogP contribution in [0.3, 0.4) is 0 Å². The Bertz CT molecular complexity index is 338. The minimum atomic E-state index is -0.434. The largest absolute Gasteiger partial charge is 0.352 e. The molecule has 0 aromatic heterocycles. The van der Waals surface area contributed by atoms with E-state index in [1.54, 1.807) is 0 Å². The minimum absolute atomic E-state index is 0. The third kappa shape index (κ3) is 4.85. The molecule has 5 nitrogen and oxygen atoms in total. The molecule has 0 spiro atoms. The van der Waals surface area contributed by atoms with Crippen molar-refractivity contribution >= 4 is 24.2 Å². The van der Waals surface area contributed by atoms with E-state index in [-0.39, 0.29) is 30.3 Å². The van der Waals surface area contributed by atoms with E-state index < -0.39 is 5.41 Å². The number of nitrogens with zero attached hydrogens (tertiary/aromatic N) is 1. The first-order valence-electron chi connectivity index (χ1n) is 7.81. The topological polar surface area (TPSA) is 75.4 Å². The number of nitrogens with one attached hydrogen (secondary N) is 1. The number of halogens is 1. The smallest absolute Gasteiger partial charge is 0.230 e. The van der Waals surface area contributed by atoms with Crippen LogP contribution >= 0.6 is 12.4 Å². The first-order valence-corrected chi connectivity index (χ1v) is 7.81. The molecule has 2 amide bonds. The predicted molar refractivity (Wildman–Crippen MR) is 87.4 cm³/mol. The molecule has 1 fully saturated rings. The number of likely N-dealkylation sites (tertiary alicyclic amines) is 1. The molecule has 1 heterocycles. The van der Waals surface area contributed by atoms with Gasteiger partial charge in [-0.3, -0.25) is 9.59 Å². The number of piperidine rings is 1. The molecule has 0 saturated carbocycles. The Hall–Kier alpha value is -0.810. The molecule has 0 aliphatic carbocycles. The van der Waals surface area contributed by atoms with Crippen LogP contribution in [0.15, 0.2) is 0 Å². The van der Waals surface area contributed by atoms with Gasteiger partial charge in [0.25, 0.3) is 0 Å². The van der Waals surface area contributed by atoms with Gasteiger partial charge in [0.15, 0.2) is 0 Å². The van der Waals surface area contributed by atoms with Gasteiger partial charge >= 0.3 is 0 Å². The van der Waals surface area contributed by atoms with Gasteiger partial charge in [0.1, 0.15) is 0 Å². The monoisotopic (exact) mass is 319 g/mol. The van der Waals surface area contributed by atoms with Crippen LogP contribution in [0, 0.1) is 5.41 Å². The van der Waals surface area contributed by atoms with Crippen LogP contribution in [0.25, 0.3) is 0 Å². The molecule has 1 saturated heterocycles. The summed E-state index contributed by atoms with van der Waals surface area (Å²) in [7, 11) is 0. The number of amides is 2. The van der Waals surface area contributed by atoms with Crippen LogP contribution in [-0.2, 0) is 9.59 Å². The number of rotatable bonds is 6. The van der Waals surface area contributed by atoms with E-state index in [0.717, 1.165) is 32.2 Å². The Morgan fingerprint density at radius 3 is 2.38 bits per heavy atom. The van der Waals surface area contributed by atoms with Crippen molar-refractivity contribution in [1.29, 1.82) is 0 Å². The van der Waals surface area contributed by atoms with Gasteiger partial charge in [-0.1, -0.05) is 20.8 Å². The number of carbonyl (C=O) groups is 2. The van der Waals surface area contributed by atoms with Crippen molar-refractivity contribution in [2.24, 2.45) is 11.1 Å². The molecule has 124 valence electrons. The highest BCUT2D eigenvalue weighted by Gasteiger charge is 2.38. The number of hydrogen-bond donors (Lipinski definition) is 2. The average molecular weight is 320 g/mol. The van der Waals surface area contributed by atoms with E-state index in [1.165, 1.54) is 0 Å². The van der Waals surface area contributed by atoms with Gasteiger partial charge in [0.2, 0.25) is 11.8 Å². The molecule has 0 aromatic rings. The van der Waals surface area contributed by atoms with Gasteiger partial charge in [0.05, 0.1) is 5.41 Å². The number of nitrogens with two attached hydrogens (primary N) is 1. The predicted octanol–water partition coefficient (Wildman–Crippen LogP) is 1.69. The summed E-state index contributed by atoms with van der Waals surface area (Å²) in [5, 5.41) is 2.99. The van der Waals surface area contributed by atoms with Crippen molar-refractivity contribution in [3.05, 3.63) is 0 Å². The van der Waals surface area contributed by atoms with Crippen molar-refractivity contribution in [1.82, 2.24) is 10.2 Å². The molecule has 1 aliphatic heterocycles. The molecule has 1 unspecified atom stereocenters. The molecule has 21 heavy (non-hydrogen) atoms. The Morgan fingerprint density at radius 2 is 1.90 bits per heavy atom. The summed E-state index contributed by atoms with van der Waals surface area (Å²) in [5.41, 5.74) is 5.42. The molecular formula is C15H30ClN3O2. The lowest BCUT2D eigenvalue weighted by Crippen LogP contribution is -2.54. The summed E-state index contributed by atoms with van der Waals surface area (Å²) >= 11 is 0. The quantitative estimate of drug-likeness (QED) is 0.782. The second-order valence-corrected chi connectivity index (χ2v) is 5.70. The summed E-state index contributed by atoms with van der Waals surface area (Å²) in [6, 6.07) is 0.0873. The normalized spacial score (nSPS) is 18.9. The van der Waals surface area contributed by atoms with Gasteiger partial charge in [-0.2, -0.15) is 0 Å². The SMILES string of the molecule is CCC(=O)NC1CCCN(C(=O)C(CC)(CC)CN)C1.Cl. The lowest BCUT2D eigenvalue weighted by Gasteiger charge is -2.39. The third-order valence-corrected chi connectivity index (χ3v) is 4.59. The highest BCUT2D eigenvalue weighted by Crippen LogP contribution is 2.29. The van der Waals surface area contributed by atoms with Crippen molar-refractivity contribution in [3.63, 3.8) is 0 Å². The second-order valence-electron chi connectivity index (χ2n) is 5.70. The van der Waals surface area contributed by atoms with Crippen LogP contribution in [0.5, 0.6) is 0 Å². The lowest BCUT2D eigenvalue weighted by molar-refractivity contribution is -0.144. The van der Waals surface area contributed by atoms with Gasteiger partial charge < -0.3 is 16.0 Å². The Morgan fingerprint density at radius 1 is 1.29 bits per heavy atom. The molecular weight excluding hydrogens is 290 g/mol. The second kappa shape index (κ2) is 9.26. The van der Waals surface area contributed by atoms with Crippen molar-refractivity contribution in [3.8, 4) is 0 Å². The lowest BCUT2D eigenvalue weighted by atomic mass is 9.80. The van der Waals surface area contributed by atoms with Crippen LogP contribution in [-0.4, -0.2) is 42.4 Å². The van der Waals surface area contributed by atoms with Crippen LogP contribution < -0.4 is 11.1 Å². The number of hydrogen-bond acceptors (Lipinski definition) is 3. The van der Waals surface area contributed by atoms with Crippen LogP contribution in [0.2, 0.25) is 0 Å². The third-order valence-electron chi connectivity index (χ3n) is 4.59. The van der Waals surface area contributed by atoms with Gasteiger partial charge in [0, 0.05) is 32.1 Å². The summed E-state index contributed by atoms with van der Waals surface area (Å²) in [4.78, 5) is 26.1. The molecule has 1 aliphatic rings. The molecule has 1 atom stereocenters. The average Bonchev–Trinajstić information content (AvgIpc) is 2.49. The molecule has 6 heteroatoms. The number of carbonyl (C=O) groups excluding carboxylic acids is 2.